The minimum absolute atomic E-state index is 1.00. The minimum Gasteiger partial charge on any atom is -0.386 e. The smallest absolute Gasteiger partial charge is 0.0435 e. The Balaban J connectivity index is 2.89. The molecular weight excluding hydrogens is 122 g/mol. The Labute approximate surface area is 59.3 Å². The second-order valence-corrected chi connectivity index (χ2v) is 2.13. The molecular formula is C9H6N-. The molecule has 0 aliphatic rings. The molecule has 1 aromatic carbocycles. The van der Waals surface area contributed by atoms with Crippen LogP contribution >= 0.6 is 0 Å². The van der Waals surface area contributed by atoms with Crippen molar-refractivity contribution in [2.75, 3.05) is 0 Å². The van der Waals surface area contributed by atoms with E-state index < -0.39 is 0 Å². The zero-order valence-electron chi connectivity index (χ0n) is 5.41. The van der Waals surface area contributed by atoms with E-state index >= 15 is 0 Å². The summed E-state index contributed by atoms with van der Waals surface area (Å²) in [5.74, 6) is 0. The maximum Gasteiger partial charge on any atom is -0.0435 e. The number of nitrogens with zero attached hydrogens (tertiary/aromatic N) is 1. The van der Waals surface area contributed by atoms with Crippen LogP contribution in [0.5, 0.6) is 0 Å². The van der Waals surface area contributed by atoms with E-state index in [4.69, 9.17) is 0 Å². The standard InChI is InChI=1S/C9H6N/c1-2-6-9-8(4-1)5-3-7-10-9/h1-6H/q-1. The lowest BCUT2D eigenvalue weighted by atomic mass is 10.2. The second kappa shape index (κ2) is 2.10. The summed E-state index contributed by atoms with van der Waals surface area (Å²) in [6, 6.07) is 11.8. The predicted molar refractivity (Wildman–Crippen MR) is 40.6 cm³/mol. The van der Waals surface area contributed by atoms with Gasteiger partial charge in [0, 0.05) is 0 Å². The lowest BCUT2D eigenvalue weighted by molar-refractivity contribution is 1.39. The molecule has 0 fully saturated rings. The van der Waals surface area contributed by atoms with Gasteiger partial charge in [-0.2, -0.15) is 12.1 Å². The molecule has 10 heavy (non-hydrogen) atoms. The molecule has 2 aromatic rings. The van der Waals surface area contributed by atoms with Crippen LogP contribution in [0.2, 0.25) is 0 Å². The van der Waals surface area contributed by atoms with Crippen molar-refractivity contribution in [3.63, 3.8) is 0 Å². The number of aromatic nitrogens is 1. The van der Waals surface area contributed by atoms with Crippen LogP contribution in [0.3, 0.4) is 0 Å². The van der Waals surface area contributed by atoms with Gasteiger partial charge in [-0.3, -0.25) is 0 Å². The normalized spacial score (nSPS) is 10.0. The summed E-state index contributed by atoms with van der Waals surface area (Å²) >= 11 is 0. The van der Waals surface area contributed by atoms with Crippen LogP contribution in [0.15, 0.2) is 36.4 Å². The Morgan fingerprint density at radius 3 is 2.90 bits per heavy atom. The fourth-order valence-corrected chi connectivity index (χ4v) is 0.964. The fourth-order valence-electron chi connectivity index (χ4n) is 0.964. The van der Waals surface area contributed by atoms with Crippen LogP contribution in [-0.2, 0) is 0 Å². The highest BCUT2D eigenvalue weighted by Crippen LogP contribution is 2.07. The highest BCUT2D eigenvalue weighted by Gasteiger charge is 1.77. The van der Waals surface area contributed by atoms with E-state index in [1.54, 1.807) is 0 Å². The van der Waals surface area contributed by atoms with Crippen molar-refractivity contribution in [3.05, 3.63) is 42.6 Å². The van der Waals surface area contributed by atoms with Gasteiger partial charge in [-0.15, -0.1) is 5.39 Å². The molecule has 0 amide bonds. The predicted octanol–water partition coefficient (Wildman–Crippen LogP) is 2.03. The first-order chi connectivity index (χ1) is 4.97. The molecule has 0 saturated heterocycles. The lowest BCUT2D eigenvalue weighted by Crippen LogP contribution is -1.74. The molecule has 0 saturated carbocycles. The van der Waals surface area contributed by atoms with Crippen molar-refractivity contribution < 1.29 is 0 Å². The Morgan fingerprint density at radius 1 is 1.10 bits per heavy atom. The summed E-state index contributed by atoms with van der Waals surface area (Å²) in [6.45, 7) is 0. The summed E-state index contributed by atoms with van der Waals surface area (Å²) in [7, 11) is 0. The zero-order valence-corrected chi connectivity index (χ0v) is 5.41. The van der Waals surface area contributed by atoms with E-state index in [-0.39, 0.29) is 0 Å². The van der Waals surface area contributed by atoms with E-state index in [2.05, 4.69) is 11.2 Å². The van der Waals surface area contributed by atoms with Gasteiger partial charge in [0.05, 0.1) is 0 Å². The van der Waals surface area contributed by atoms with E-state index in [0.717, 1.165) is 5.52 Å². The highest BCUT2D eigenvalue weighted by molar-refractivity contribution is 5.77. The van der Waals surface area contributed by atoms with Gasteiger partial charge in [0.25, 0.3) is 0 Å². The highest BCUT2D eigenvalue weighted by atomic mass is 14.6. The molecule has 0 radical (unpaired) electrons. The van der Waals surface area contributed by atoms with E-state index in [0.29, 0.717) is 0 Å². The number of pyridine rings is 1. The Morgan fingerprint density at radius 2 is 2.00 bits per heavy atom. The topological polar surface area (TPSA) is 12.9 Å². The van der Waals surface area contributed by atoms with E-state index in [1.165, 1.54) is 5.39 Å². The zero-order chi connectivity index (χ0) is 6.81. The molecule has 1 nitrogen and oxygen atoms in total. The molecule has 1 heteroatoms. The van der Waals surface area contributed by atoms with Gasteiger partial charge in [0.15, 0.2) is 0 Å². The maximum absolute atomic E-state index is 4.06. The second-order valence-electron chi connectivity index (χ2n) is 2.13. The number of benzene rings is 1. The largest absolute Gasteiger partial charge is 0.386 e. The molecule has 0 N–H and O–H groups in total. The molecule has 0 aliphatic heterocycles. The van der Waals surface area contributed by atoms with Gasteiger partial charge in [0.2, 0.25) is 0 Å². The molecule has 0 bridgehead atoms. The maximum atomic E-state index is 4.06. The van der Waals surface area contributed by atoms with Crippen molar-refractivity contribution in [1.82, 2.24) is 4.98 Å². The van der Waals surface area contributed by atoms with Crippen LogP contribution in [-0.4, -0.2) is 4.98 Å². The lowest BCUT2D eigenvalue weighted by Gasteiger charge is -2.00. The third-order valence-electron chi connectivity index (χ3n) is 1.46. The van der Waals surface area contributed by atoms with E-state index in [1.807, 2.05) is 36.4 Å². The van der Waals surface area contributed by atoms with Gasteiger partial charge in [-0.05, 0) is 5.52 Å². The Hall–Kier alpha value is -1.37. The van der Waals surface area contributed by atoms with Crippen LogP contribution in [0, 0.1) is 6.20 Å². The molecule has 2 rings (SSSR count). The van der Waals surface area contributed by atoms with E-state index in [9.17, 15) is 0 Å². The number of hydrogen-bond donors (Lipinski definition) is 0. The van der Waals surface area contributed by atoms with Crippen LogP contribution in [0.1, 0.15) is 0 Å². The van der Waals surface area contributed by atoms with Crippen LogP contribution < -0.4 is 0 Å². The van der Waals surface area contributed by atoms with Gasteiger partial charge < -0.3 is 4.98 Å². The summed E-state index contributed by atoms with van der Waals surface area (Å²) in [4.78, 5) is 4.06. The number of fused-ring (bicyclic) bond motifs is 1. The van der Waals surface area contributed by atoms with Gasteiger partial charge in [0.1, 0.15) is 0 Å². The first kappa shape index (κ1) is 5.42. The van der Waals surface area contributed by atoms with Crippen molar-refractivity contribution in [3.8, 4) is 0 Å². The number of para-hydroxylation sites is 1. The van der Waals surface area contributed by atoms with Crippen LogP contribution in [0.4, 0.5) is 0 Å². The molecule has 0 unspecified atom stereocenters. The molecule has 0 spiro atoms. The van der Waals surface area contributed by atoms with Crippen molar-refractivity contribution in [1.29, 1.82) is 0 Å². The van der Waals surface area contributed by atoms with Crippen molar-refractivity contribution in [2.24, 2.45) is 0 Å². The monoisotopic (exact) mass is 128 g/mol. The van der Waals surface area contributed by atoms with Gasteiger partial charge in [-0.1, -0.05) is 30.5 Å². The van der Waals surface area contributed by atoms with Gasteiger partial charge >= 0.3 is 0 Å². The summed E-state index contributed by atoms with van der Waals surface area (Å²) in [5.41, 5.74) is 1.00. The third-order valence-corrected chi connectivity index (χ3v) is 1.46. The first-order valence-corrected chi connectivity index (χ1v) is 3.19. The average molecular weight is 128 g/mol. The fraction of sp³-hybridized carbons (Fsp3) is 0. The number of rotatable bonds is 0. The number of hydrogen-bond acceptors (Lipinski definition) is 1. The molecule has 0 atom stereocenters. The Kier molecular flexibility index (Phi) is 1.14. The summed E-state index contributed by atoms with van der Waals surface area (Å²) < 4.78 is 0. The third kappa shape index (κ3) is 0.760. The Bertz CT molecular complexity index is 276. The quantitative estimate of drug-likeness (QED) is 0.495. The average Bonchev–Trinajstić information content (AvgIpc) is 2.05. The molecule has 1 heterocycles. The minimum atomic E-state index is 1.00. The molecule has 48 valence electrons. The summed E-state index contributed by atoms with van der Waals surface area (Å²) in [6.07, 6.45) is 2.79. The molecule has 0 aliphatic carbocycles. The van der Waals surface area contributed by atoms with Crippen molar-refractivity contribution in [2.45, 2.75) is 0 Å². The van der Waals surface area contributed by atoms with Gasteiger partial charge in [-0.25, -0.2) is 0 Å². The first-order valence-electron chi connectivity index (χ1n) is 3.19. The van der Waals surface area contributed by atoms with Crippen LogP contribution in [0.25, 0.3) is 10.9 Å². The van der Waals surface area contributed by atoms with Crippen molar-refractivity contribution >= 4 is 10.9 Å². The molecule has 1 aromatic heterocycles. The SMILES string of the molecule is [c-]1ccc2ccccc2n1. The summed E-state index contributed by atoms with van der Waals surface area (Å²) in [5, 5.41) is 1.17.